The highest BCUT2D eigenvalue weighted by Gasteiger charge is 2.12. The standard InChI is InChI=1S/C12H16BrCl/c1-3-9(2)12(13)8-10-4-6-11(14)7-5-10/h4-7,9,12H,3,8H2,1-2H3. The maximum absolute atomic E-state index is 5.83. The van der Waals surface area contributed by atoms with Crippen LogP contribution in [0.1, 0.15) is 25.8 Å². The molecule has 0 spiro atoms. The van der Waals surface area contributed by atoms with Gasteiger partial charge in [0.2, 0.25) is 0 Å². The Labute approximate surface area is 99.8 Å². The van der Waals surface area contributed by atoms with Crippen LogP contribution in [0.5, 0.6) is 0 Å². The van der Waals surface area contributed by atoms with Crippen molar-refractivity contribution in [3.05, 3.63) is 34.9 Å². The maximum Gasteiger partial charge on any atom is 0.0406 e. The summed E-state index contributed by atoms with van der Waals surface area (Å²) in [5, 5.41) is 0.809. The first-order chi connectivity index (χ1) is 6.63. The largest absolute Gasteiger partial charge is 0.0884 e. The molecule has 0 saturated heterocycles. The lowest BCUT2D eigenvalue weighted by Crippen LogP contribution is -2.12. The van der Waals surface area contributed by atoms with Crippen molar-refractivity contribution in [3.63, 3.8) is 0 Å². The van der Waals surface area contributed by atoms with Crippen LogP contribution in [-0.2, 0) is 6.42 Å². The summed E-state index contributed by atoms with van der Waals surface area (Å²) in [5.74, 6) is 0.714. The van der Waals surface area contributed by atoms with Crippen molar-refractivity contribution in [2.24, 2.45) is 5.92 Å². The number of alkyl halides is 1. The van der Waals surface area contributed by atoms with Crippen molar-refractivity contribution in [3.8, 4) is 0 Å². The Balaban J connectivity index is 2.56. The Kier molecular flexibility index (Phi) is 4.97. The molecule has 2 unspecified atom stereocenters. The summed E-state index contributed by atoms with van der Waals surface area (Å²) in [4.78, 5) is 0.564. The zero-order valence-corrected chi connectivity index (χ0v) is 11.0. The summed E-state index contributed by atoms with van der Waals surface area (Å²) < 4.78 is 0. The Morgan fingerprint density at radius 1 is 1.29 bits per heavy atom. The van der Waals surface area contributed by atoms with E-state index in [0.29, 0.717) is 10.7 Å². The average molecular weight is 276 g/mol. The van der Waals surface area contributed by atoms with Gasteiger partial charge in [-0.3, -0.25) is 0 Å². The molecule has 78 valence electrons. The van der Waals surface area contributed by atoms with Gasteiger partial charge >= 0.3 is 0 Å². The van der Waals surface area contributed by atoms with Gasteiger partial charge in [-0.05, 0) is 30.0 Å². The predicted molar refractivity (Wildman–Crippen MR) is 67.3 cm³/mol. The molecule has 1 aromatic rings. The first kappa shape index (κ1) is 12.1. The van der Waals surface area contributed by atoms with Crippen molar-refractivity contribution in [2.45, 2.75) is 31.5 Å². The second-order valence-electron chi connectivity index (χ2n) is 3.73. The normalized spacial score (nSPS) is 15.1. The van der Waals surface area contributed by atoms with Crippen LogP contribution in [0.15, 0.2) is 24.3 Å². The second kappa shape index (κ2) is 5.77. The van der Waals surface area contributed by atoms with Gasteiger partial charge in [-0.1, -0.05) is 59.9 Å². The van der Waals surface area contributed by atoms with Crippen molar-refractivity contribution in [1.82, 2.24) is 0 Å². The van der Waals surface area contributed by atoms with Gasteiger partial charge in [-0.25, -0.2) is 0 Å². The molecule has 0 nitrogen and oxygen atoms in total. The molecule has 2 atom stereocenters. The number of rotatable bonds is 4. The van der Waals surface area contributed by atoms with Crippen molar-refractivity contribution < 1.29 is 0 Å². The molecule has 1 aromatic carbocycles. The predicted octanol–water partition coefficient (Wildman–Crippen LogP) is 4.69. The summed E-state index contributed by atoms with van der Waals surface area (Å²) in [7, 11) is 0. The highest BCUT2D eigenvalue weighted by atomic mass is 79.9. The molecular weight excluding hydrogens is 259 g/mol. The summed E-state index contributed by atoms with van der Waals surface area (Å²) in [6, 6.07) is 8.10. The molecule has 0 aliphatic rings. The SMILES string of the molecule is CCC(C)C(Br)Cc1ccc(Cl)cc1. The van der Waals surface area contributed by atoms with Crippen LogP contribution < -0.4 is 0 Å². The monoisotopic (exact) mass is 274 g/mol. The molecule has 0 radical (unpaired) electrons. The Morgan fingerprint density at radius 3 is 2.36 bits per heavy atom. The lowest BCUT2D eigenvalue weighted by molar-refractivity contribution is 0.538. The molecule has 0 aromatic heterocycles. The molecule has 0 fully saturated rings. The third-order valence-electron chi connectivity index (χ3n) is 2.61. The van der Waals surface area contributed by atoms with Crippen LogP contribution in [0.4, 0.5) is 0 Å². The van der Waals surface area contributed by atoms with E-state index in [4.69, 9.17) is 11.6 Å². The lowest BCUT2D eigenvalue weighted by Gasteiger charge is -2.16. The van der Waals surface area contributed by atoms with E-state index in [9.17, 15) is 0 Å². The minimum atomic E-state index is 0.564. The summed E-state index contributed by atoms with van der Waals surface area (Å²) in [6.07, 6.45) is 2.29. The maximum atomic E-state index is 5.83. The molecule has 2 heteroatoms. The minimum absolute atomic E-state index is 0.564. The topological polar surface area (TPSA) is 0 Å². The van der Waals surface area contributed by atoms with Gasteiger partial charge < -0.3 is 0 Å². The molecule has 0 N–H and O–H groups in total. The summed E-state index contributed by atoms with van der Waals surface area (Å²) in [6.45, 7) is 4.50. The smallest absolute Gasteiger partial charge is 0.0406 e. The van der Waals surface area contributed by atoms with Gasteiger partial charge in [0.15, 0.2) is 0 Å². The van der Waals surface area contributed by atoms with Gasteiger partial charge in [-0.15, -0.1) is 0 Å². The van der Waals surface area contributed by atoms with E-state index in [0.717, 1.165) is 11.4 Å². The summed E-state index contributed by atoms with van der Waals surface area (Å²) >= 11 is 9.55. The van der Waals surface area contributed by atoms with E-state index in [2.05, 4.69) is 41.9 Å². The molecule has 0 heterocycles. The number of halogens is 2. The molecule has 0 bridgehead atoms. The number of hydrogen-bond acceptors (Lipinski definition) is 0. The fraction of sp³-hybridized carbons (Fsp3) is 0.500. The van der Waals surface area contributed by atoms with E-state index < -0.39 is 0 Å². The second-order valence-corrected chi connectivity index (χ2v) is 5.34. The molecule has 0 amide bonds. The minimum Gasteiger partial charge on any atom is -0.0884 e. The number of hydrogen-bond donors (Lipinski definition) is 0. The lowest BCUT2D eigenvalue weighted by atomic mass is 9.99. The Morgan fingerprint density at radius 2 is 1.86 bits per heavy atom. The first-order valence-electron chi connectivity index (χ1n) is 5.02. The van der Waals surface area contributed by atoms with E-state index in [1.54, 1.807) is 0 Å². The summed E-state index contributed by atoms with van der Waals surface area (Å²) in [5.41, 5.74) is 1.34. The zero-order chi connectivity index (χ0) is 10.6. The van der Waals surface area contributed by atoms with Gasteiger partial charge in [0.05, 0.1) is 0 Å². The molecule has 0 aliphatic heterocycles. The number of benzene rings is 1. The van der Waals surface area contributed by atoms with Crippen LogP contribution in [0.25, 0.3) is 0 Å². The van der Waals surface area contributed by atoms with E-state index in [1.807, 2.05) is 12.1 Å². The Hall–Kier alpha value is -0.0100. The molecule has 0 aliphatic carbocycles. The Bertz CT molecular complexity index is 268. The quantitative estimate of drug-likeness (QED) is 0.699. The van der Waals surface area contributed by atoms with Gasteiger partial charge in [0.1, 0.15) is 0 Å². The highest BCUT2D eigenvalue weighted by molar-refractivity contribution is 9.09. The van der Waals surface area contributed by atoms with E-state index >= 15 is 0 Å². The third-order valence-corrected chi connectivity index (χ3v) is 4.08. The van der Waals surface area contributed by atoms with Crippen molar-refractivity contribution in [2.75, 3.05) is 0 Å². The first-order valence-corrected chi connectivity index (χ1v) is 6.31. The van der Waals surface area contributed by atoms with Gasteiger partial charge in [-0.2, -0.15) is 0 Å². The molecular formula is C12H16BrCl. The van der Waals surface area contributed by atoms with Gasteiger partial charge in [0, 0.05) is 9.85 Å². The van der Waals surface area contributed by atoms with Crippen LogP contribution in [0.2, 0.25) is 5.02 Å². The average Bonchev–Trinajstić information content (AvgIpc) is 2.20. The zero-order valence-electron chi connectivity index (χ0n) is 8.63. The van der Waals surface area contributed by atoms with Crippen molar-refractivity contribution in [1.29, 1.82) is 0 Å². The fourth-order valence-electron chi connectivity index (χ4n) is 1.30. The van der Waals surface area contributed by atoms with Crippen LogP contribution in [0.3, 0.4) is 0 Å². The van der Waals surface area contributed by atoms with Crippen LogP contribution >= 0.6 is 27.5 Å². The van der Waals surface area contributed by atoms with E-state index in [-0.39, 0.29) is 0 Å². The third kappa shape index (κ3) is 3.62. The van der Waals surface area contributed by atoms with Crippen molar-refractivity contribution >= 4 is 27.5 Å². The molecule has 1 rings (SSSR count). The highest BCUT2D eigenvalue weighted by Crippen LogP contribution is 2.21. The van der Waals surface area contributed by atoms with E-state index in [1.165, 1.54) is 12.0 Å². The molecule has 14 heavy (non-hydrogen) atoms. The van der Waals surface area contributed by atoms with Crippen LogP contribution in [0, 0.1) is 5.92 Å². The fourth-order valence-corrected chi connectivity index (χ4v) is 2.18. The molecule has 0 saturated carbocycles. The van der Waals surface area contributed by atoms with Crippen LogP contribution in [-0.4, -0.2) is 4.83 Å². The van der Waals surface area contributed by atoms with Gasteiger partial charge in [0.25, 0.3) is 0 Å².